The zero-order valence-electron chi connectivity index (χ0n) is 11.5. The number of hydrogen-bond donors (Lipinski definition) is 1. The Kier molecular flexibility index (Phi) is 4.22. The highest BCUT2D eigenvalue weighted by Gasteiger charge is 2.42. The van der Waals surface area contributed by atoms with Gasteiger partial charge in [-0.15, -0.1) is 0 Å². The summed E-state index contributed by atoms with van der Waals surface area (Å²) in [6.07, 6.45) is 12.4. The van der Waals surface area contributed by atoms with E-state index in [9.17, 15) is 0 Å². The quantitative estimate of drug-likeness (QED) is 0.767. The molecule has 0 bridgehead atoms. The molecule has 0 aromatic rings. The van der Waals surface area contributed by atoms with E-state index in [1.54, 1.807) is 0 Å². The third-order valence-electron chi connectivity index (χ3n) is 4.88. The van der Waals surface area contributed by atoms with Crippen LogP contribution in [0.4, 0.5) is 0 Å². The molecule has 3 nitrogen and oxygen atoms in total. The topological polar surface area (TPSA) is 30.5 Å². The summed E-state index contributed by atoms with van der Waals surface area (Å²) < 4.78 is 12.4. The smallest absolute Gasteiger partial charge is 0.0840 e. The fraction of sp³-hybridized carbons (Fsp3) is 1.00. The van der Waals surface area contributed by atoms with Crippen LogP contribution in [0.5, 0.6) is 0 Å². The van der Waals surface area contributed by atoms with Crippen LogP contribution in [0.1, 0.15) is 57.8 Å². The monoisotopic (exact) mass is 253 g/mol. The largest absolute Gasteiger partial charge is 0.372 e. The Bertz CT molecular complexity index is 255. The molecule has 0 amide bonds. The van der Waals surface area contributed by atoms with Crippen molar-refractivity contribution < 1.29 is 9.47 Å². The predicted molar refractivity (Wildman–Crippen MR) is 71.8 cm³/mol. The SMILES string of the molecule is C1CCCC(OC2COC3(CCNCC3)C2)CC1. The van der Waals surface area contributed by atoms with Crippen molar-refractivity contribution in [2.75, 3.05) is 19.7 Å². The number of rotatable bonds is 2. The molecule has 1 atom stereocenters. The van der Waals surface area contributed by atoms with E-state index in [1.165, 1.54) is 38.5 Å². The Hall–Kier alpha value is -0.120. The van der Waals surface area contributed by atoms with Crippen LogP contribution in [0, 0.1) is 0 Å². The Balaban J connectivity index is 1.49. The molecule has 3 rings (SSSR count). The lowest BCUT2D eigenvalue weighted by molar-refractivity contribution is -0.0351. The average Bonchev–Trinajstić information content (AvgIpc) is 2.62. The van der Waals surface area contributed by atoms with Crippen molar-refractivity contribution in [3.63, 3.8) is 0 Å². The first kappa shape index (κ1) is 12.9. The minimum Gasteiger partial charge on any atom is -0.372 e. The maximum Gasteiger partial charge on any atom is 0.0840 e. The van der Waals surface area contributed by atoms with E-state index in [4.69, 9.17) is 9.47 Å². The fourth-order valence-electron chi connectivity index (χ4n) is 3.77. The molecule has 2 saturated heterocycles. The van der Waals surface area contributed by atoms with Crippen molar-refractivity contribution >= 4 is 0 Å². The summed E-state index contributed by atoms with van der Waals surface area (Å²) in [4.78, 5) is 0. The summed E-state index contributed by atoms with van der Waals surface area (Å²) in [7, 11) is 0. The minimum absolute atomic E-state index is 0.153. The van der Waals surface area contributed by atoms with Gasteiger partial charge in [-0.05, 0) is 38.8 Å². The molecular weight excluding hydrogens is 226 g/mol. The lowest BCUT2D eigenvalue weighted by Crippen LogP contribution is -2.41. The predicted octanol–water partition coefficient (Wildman–Crippen LogP) is 2.64. The van der Waals surface area contributed by atoms with Gasteiger partial charge < -0.3 is 14.8 Å². The highest BCUT2D eigenvalue weighted by molar-refractivity contribution is 4.93. The first-order valence-corrected chi connectivity index (χ1v) is 7.86. The van der Waals surface area contributed by atoms with E-state index in [0.29, 0.717) is 12.2 Å². The number of piperidine rings is 1. The van der Waals surface area contributed by atoms with Gasteiger partial charge in [0, 0.05) is 6.42 Å². The van der Waals surface area contributed by atoms with Gasteiger partial charge in [0.15, 0.2) is 0 Å². The Morgan fingerprint density at radius 3 is 2.39 bits per heavy atom. The van der Waals surface area contributed by atoms with E-state index in [1.807, 2.05) is 0 Å². The zero-order chi connectivity index (χ0) is 12.3. The lowest BCUT2D eigenvalue weighted by atomic mass is 9.89. The van der Waals surface area contributed by atoms with Crippen LogP contribution in [-0.2, 0) is 9.47 Å². The third-order valence-corrected chi connectivity index (χ3v) is 4.88. The molecule has 1 N–H and O–H groups in total. The van der Waals surface area contributed by atoms with E-state index in [-0.39, 0.29) is 5.60 Å². The van der Waals surface area contributed by atoms with Gasteiger partial charge >= 0.3 is 0 Å². The Morgan fingerprint density at radius 1 is 0.944 bits per heavy atom. The van der Waals surface area contributed by atoms with Crippen molar-refractivity contribution in [2.45, 2.75) is 75.6 Å². The number of nitrogens with one attached hydrogen (secondary N) is 1. The van der Waals surface area contributed by atoms with Crippen LogP contribution in [0.2, 0.25) is 0 Å². The zero-order valence-corrected chi connectivity index (χ0v) is 11.5. The fourth-order valence-corrected chi connectivity index (χ4v) is 3.77. The van der Waals surface area contributed by atoms with Gasteiger partial charge in [-0.3, -0.25) is 0 Å². The highest BCUT2D eigenvalue weighted by Crippen LogP contribution is 2.36. The van der Waals surface area contributed by atoms with E-state index < -0.39 is 0 Å². The van der Waals surface area contributed by atoms with Gasteiger partial charge in [-0.1, -0.05) is 25.7 Å². The molecule has 0 radical (unpaired) electrons. The van der Waals surface area contributed by atoms with Crippen molar-refractivity contribution in [3.8, 4) is 0 Å². The van der Waals surface area contributed by atoms with Crippen LogP contribution in [0.25, 0.3) is 0 Å². The lowest BCUT2D eigenvalue weighted by Gasteiger charge is -2.33. The number of hydrogen-bond acceptors (Lipinski definition) is 3. The average molecular weight is 253 g/mol. The molecular formula is C15H27NO2. The minimum atomic E-state index is 0.153. The van der Waals surface area contributed by atoms with Crippen LogP contribution in [-0.4, -0.2) is 37.5 Å². The van der Waals surface area contributed by atoms with E-state index >= 15 is 0 Å². The van der Waals surface area contributed by atoms with Gasteiger partial charge in [-0.2, -0.15) is 0 Å². The van der Waals surface area contributed by atoms with Gasteiger partial charge in [0.1, 0.15) is 0 Å². The molecule has 0 aromatic heterocycles. The van der Waals surface area contributed by atoms with Crippen molar-refractivity contribution in [1.29, 1.82) is 0 Å². The molecule has 2 heterocycles. The standard InChI is InChI=1S/C15H27NO2/c1-2-4-6-13(5-3-1)18-14-11-15(17-12-14)7-9-16-10-8-15/h13-14,16H,1-12H2. The summed E-state index contributed by atoms with van der Waals surface area (Å²) in [6, 6.07) is 0. The molecule has 18 heavy (non-hydrogen) atoms. The highest BCUT2D eigenvalue weighted by atomic mass is 16.6. The maximum atomic E-state index is 6.31. The summed E-state index contributed by atoms with van der Waals surface area (Å²) in [5.74, 6) is 0. The second kappa shape index (κ2) is 5.89. The first-order valence-electron chi connectivity index (χ1n) is 7.86. The van der Waals surface area contributed by atoms with Crippen LogP contribution in [0.15, 0.2) is 0 Å². The van der Waals surface area contributed by atoms with Gasteiger partial charge in [0.25, 0.3) is 0 Å². The van der Waals surface area contributed by atoms with Gasteiger partial charge in [0.2, 0.25) is 0 Å². The molecule has 1 spiro atoms. The summed E-state index contributed by atoms with van der Waals surface area (Å²) >= 11 is 0. The van der Waals surface area contributed by atoms with E-state index in [0.717, 1.165) is 39.0 Å². The Labute approximate surface area is 111 Å². The summed E-state index contributed by atoms with van der Waals surface area (Å²) in [6.45, 7) is 3.04. The van der Waals surface area contributed by atoms with Crippen LogP contribution in [0.3, 0.4) is 0 Å². The molecule has 104 valence electrons. The summed E-state index contributed by atoms with van der Waals surface area (Å²) in [5.41, 5.74) is 0.153. The molecule has 3 aliphatic rings. The van der Waals surface area contributed by atoms with E-state index in [2.05, 4.69) is 5.32 Å². The first-order chi connectivity index (χ1) is 8.86. The third kappa shape index (κ3) is 3.06. The Morgan fingerprint density at radius 2 is 1.67 bits per heavy atom. The maximum absolute atomic E-state index is 6.31. The molecule has 1 saturated carbocycles. The molecule has 2 aliphatic heterocycles. The van der Waals surface area contributed by atoms with Crippen molar-refractivity contribution in [1.82, 2.24) is 5.32 Å². The van der Waals surface area contributed by atoms with Crippen LogP contribution < -0.4 is 5.32 Å². The molecule has 0 aromatic carbocycles. The number of ether oxygens (including phenoxy) is 2. The van der Waals surface area contributed by atoms with Gasteiger partial charge in [-0.25, -0.2) is 0 Å². The molecule has 3 heteroatoms. The normalized spacial score (nSPS) is 33.7. The van der Waals surface area contributed by atoms with Crippen molar-refractivity contribution in [3.05, 3.63) is 0 Å². The van der Waals surface area contributed by atoms with Crippen LogP contribution >= 0.6 is 0 Å². The molecule has 1 unspecified atom stereocenters. The second-order valence-electron chi connectivity index (χ2n) is 6.32. The molecule has 3 fully saturated rings. The van der Waals surface area contributed by atoms with Crippen molar-refractivity contribution in [2.24, 2.45) is 0 Å². The van der Waals surface area contributed by atoms with Gasteiger partial charge in [0.05, 0.1) is 24.4 Å². The summed E-state index contributed by atoms with van der Waals surface area (Å²) in [5, 5.41) is 3.42. The second-order valence-corrected chi connectivity index (χ2v) is 6.32. The molecule has 1 aliphatic carbocycles.